The van der Waals surface area contributed by atoms with Crippen molar-refractivity contribution in [3.8, 4) is 0 Å². The van der Waals surface area contributed by atoms with Crippen LogP contribution in [0.5, 0.6) is 0 Å². The summed E-state index contributed by atoms with van der Waals surface area (Å²) in [7, 11) is 0. The second-order valence-electron chi connectivity index (χ2n) is 5.54. The van der Waals surface area contributed by atoms with Gasteiger partial charge in [0, 0.05) is 36.3 Å². The molecule has 1 saturated heterocycles. The fourth-order valence-electron chi connectivity index (χ4n) is 2.88. The van der Waals surface area contributed by atoms with Crippen LogP contribution in [0.4, 0.5) is 9.18 Å². The number of amides is 2. The SMILES string of the molecule is O=C(NCCc1c(F)cccc1Cl)N1CCCCC1CCO. The Balaban J connectivity index is 1.86. The van der Waals surface area contributed by atoms with Gasteiger partial charge in [-0.05, 0) is 44.2 Å². The van der Waals surface area contributed by atoms with Crippen LogP contribution >= 0.6 is 11.6 Å². The summed E-state index contributed by atoms with van der Waals surface area (Å²) in [6.07, 6.45) is 3.95. The first-order valence-electron chi connectivity index (χ1n) is 7.71. The van der Waals surface area contributed by atoms with Gasteiger partial charge < -0.3 is 15.3 Å². The maximum Gasteiger partial charge on any atom is 0.317 e. The molecule has 2 rings (SSSR count). The van der Waals surface area contributed by atoms with Crippen molar-refractivity contribution in [2.45, 2.75) is 38.1 Å². The maximum absolute atomic E-state index is 13.7. The predicted molar refractivity (Wildman–Crippen MR) is 84.6 cm³/mol. The Hall–Kier alpha value is -1.33. The number of rotatable bonds is 5. The zero-order chi connectivity index (χ0) is 15.9. The minimum Gasteiger partial charge on any atom is -0.396 e. The summed E-state index contributed by atoms with van der Waals surface area (Å²) in [6, 6.07) is 4.52. The molecule has 1 unspecified atom stereocenters. The van der Waals surface area contributed by atoms with Crippen LogP contribution in [0.25, 0.3) is 0 Å². The molecule has 1 aliphatic rings. The molecule has 1 aliphatic heterocycles. The van der Waals surface area contributed by atoms with E-state index in [1.807, 2.05) is 0 Å². The zero-order valence-electron chi connectivity index (χ0n) is 12.5. The summed E-state index contributed by atoms with van der Waals surface area (Å²) in [5, 5.41) is 12.3. The molecular formula is C16H22ClFN2O2. The van der Waals surface area contributed by atoms with E-state index in [4.69, 9.17) is 16.7 Å². The third-order valence-corrected chi connectivity index (χ3v) is 4.42. The van der Waals surface area contributed by atoms with E-state index in [1.54, 1.807) is 17.0 Å². The number of aliphatic hydroxyl groups excluding tert-OH is 1. The molecule has 6 heteroatoms. The molecule has 1 atom stereocenters. The highest BCUT2D eigenvalue weighted by molar-refractivity contribution is 6.31. The van der Waals surface area contributed by atoms with Gasteiger partial charge in [-0.2, -0.15) is 0 Å². The standard InChI is InChI=1S/C16H22ClFN2O2/c17-14-5-3-6-15(18)13(14)7-9-19-16(22)20-10-2-1-4-12(20)8-11-21/h3,5-6,12,21H,1-2,4,7-11H2,(H,19,22). The van der Waals surface area contributed by atoms with Crippen molar-refractivity contribution in [3.05, 3.63) is 34.6 Å². The number of urea groups is 1. The third kappa shape index (κ3) is 4.34. The van der Waals surface area contributed by atoms with E-state index in [-0.39, 0.29) is 24.5 Å². The Kier molecular flexibility index (Phi) is 6.46. The number of nitrogens with one attached hydrogen (secondary N) is 1. The molecule has 1 heterocycles. The Morgan fingerprint density at radius 1 is 1.45 bits per heavy atom. The van der Waals surface area contributed by atoms with Crippen LogP contribution in [0, 0.1) is 5.82 Å². The highest BCUT2D eigenvalue weighted by atomic mass is 35.5. The Morgan fingerprint density at radius 3 is 3.00 bits per heavy atom. The number of piperidine rings is 1. The maximum atomic E-state index is 13.7. The number of carbonyl (C=O) groups is 1. The quantitative estimate of drug-likeness (QED) is 0.873. The summed E-state index contributed by atoms with van der Waals surface area (Å²) in [5.41, 5.74) is 0.426. The highest BCUT2D eigenvalue weighted by Gasteiger charge is 2.25. The summed E-state index contributed by atoms with van der Waals surface area (Å²) in [4.78, 5) is 14.0. The number of hydrogen-bond donors (Lipinski definition) is 2. The average Bonchev–Trinajstić information content (AvgIpc) is 2.51. The van der Waals surface area contributed by atoms with Crippen LogP contribution in [-0.4, -0.2) is 41.8 Å². The molecule has 22 heavy (non-hydrogen) atoms. The fourth-order valence-corrected chi connectivity index (χ4v) is 3.14. The Bertz CT molecular complexity index is 491. The Labute approximate surface area is 135 Å². The number of carbonyl (C=O) groups excluding carboxylic acids is 1. The number of likely N-dealkylation sites (tertiary alicyclic amines) is 1. The van der Waals surface area contributed by atoms with Gasteiger partial charge in [-0.25, -0.2) is 9.18 Å². The van der Waals surface area contributed by atoms with E-state index < -0.39 is 0 Å². The molecule has 1 fully saturated rings. The first-order chi connectivity index (χ1) is 10.6. The lowest BCUT2D eigenvalue weighted by molar-refractivity contribution is 0.132. The smallest absolute Gasteiger partial charge is 0.317 e. The summed E-state index contributed by atoms with van der Waals surface area (Å²) in [6.45, 7) is 1.12. The normalized spacial score (nSPS) is 18.3. The summed E-state index contributed by atoms with van der Waals surface area (Å²) < 4.78 is 13.7. The lowest BCUT2D eigenvalue weighted by atomic mass is 10.0. The van der Waals surface area contributed by atoms with Crippen LogP contribution in [0.15, 0.2) is 18.2 Å². The molecule has 2 N–H and O–H groups in total. The van der Waals surface area contributed by atoms with Gasteiger partial charge in [0.1, 0.15) is 5.82 Å². The molecule has 0 aromatic heterocycles. The van der Waals surface area contributed by atoms with E-state index in [9.17, 15) is 9.18 Å². The minimum atomic E-state index is -0.349. The lowest BCUT2D eigenvalue weighted by Gasteiger charge is -2.35. The second kappa shape index (κ2) is 8.34. The topological polar surface area (TPSA) is 52.6 Å². The van der Waals surface area contributed by atoms with E-state index in [1.165, 1.54) is 6.07 Å². The first-order valence-corrected chi connectivity index (χ1v) is 8.09. The van der Waals surface area contributed by atoms with Gasteiger partial charge in [-0.3, -0.25) is 0 Å². The van der Waals surface area contributed by atoms with Crippen LogP contribution in [0.1, 0.15) is 31.2 Å². The summed E-state index contributed by atoms with van der Waals surface area (Å²) in [5.74, 6) is -0.349. The van der Waals surface area contributed by atoms with Crippen molar-refractivity contribution in [1.29, 1.82) is 0 Å². The van der Waals surface area contributed by atoms with Crippen molar-refractivity contribution in [2.24, 2.45) is 0 Å². The predicted octanol–water partition coefficient (Wildman–Crippen LogP) is 2.97. The average molecular weight is 329 g/mol. The monoisotopic (exact) mass is 328 g/mol. The highest BCUT2D eigenvalue weighted by Crippen LogP contribution is 2.20. The molecule has 0 aliphatic carbocycles. The molecular weight excluding hydrogens is 307 g/mol. The minimum absolute atomic E-state index is 0.0826. The van der Waals surface area contributed by atoms with Crippen LogP contribution in [0.3, 0.4) is 0 Å². The molecule has 2 amide bonds. The molecule has 0 radical (unpaired) electrons. The van der Waals surface area contributed by atoms with Gasteiger partial charge in [0.15, 0.2) is 0 Å². The zero-order valence-corrected chi connectivity index (χ0v) is 13.3. The second-order valence-corrected chi connectivity index (χ2v) is 5.94. The van der Waals surface area contributed by atoms with Crippen LogP contribution < -0.4 is 5.32 Å². The molecule has 0 bridgehead atoms. The summed E-state index contributed by atoms with van der Waals surface area (Å²) >= 11 is 5.97. The van der Waals surface area contributed by atoms with Gasteiger partial charge >= 0.3 is 6.03 Å². The van der Waals surface area contributed by atoms with Gasteiger partial charge in [0.2, 0.25) is 0 Å². The number of halogens is 2. The number of hydrogen-bond acceptors (Lipinski definition) is 2. The van der Waals surface area contributed by atoms with E-state index in [0.717, 1.165) is 19.3 Å². The molecule has 0 spiro atoms. The van der Waals surface area contributed by atoms with Gasteiger partial charge in [0.05, 0.1) is 0 Å². The molecule has 4 nitrogen and oxygen atoms in total. The first kappa shape index (κ1) is 17.0. The number of nitrogens with zero attached hydrogens (tertiary/aromatic N) is 1. The largest absolute Gasteiger partial charge is 0.396 e. The van der Waals surface area contributed by atoms with E-state index in [2.05, 4.69) is 5.32 Å². The van der Waals surface area contributed by atoms with Crippen molar-refractivity contribution < 1.29 is 14.3 Å². The van der Waals surface area contributed by atoms with Crippen molar-refractivity contribution in [3.63, 3.8) is 0 Å². The van der Waals surface area contributed by atoms with Crippen molar-refractivity contribution >= 4 is 17.6 Å². The van der Waals surface area contributed by atoms with Crippen molar-refractivity contribution in [1.82, 2.24) is 10.2 Å². The molecule has 1 aromatic carbocycles. The van der Waals surface area contributed by atoms with Gasteiger partial charge in [-0.1, -0.05) is 17.7 Å². The molecule has 0 saturated carbocycles. The van der Waals surface area contributed by atoms with Gasteiger partial charge in [-0.15, -0.1) is 0 Å². The van der Waals surface area contributed by atoms with Crippen LogP contribution in [-0.2, 0) is 6.42 Å². The fraction of sp³-hybridized carbons (Fsp3) is 0.562. The number of benzene rings is 1. The third-order valence-electron chi connectivity index (χ3n) is 4.06. The molecule has 122 valence electrons. The lowest BCUT2D eigenvalue weighted by Crippen LogP contribution is -2.49. The van der Waals surface area contributed by atoms with Gasteiger partial charge in [0.25, 0.3) is 0 Å². The Morgan fingerprint density at radius 2 is 2.27 bits per heavy atom. The van der Waals surface area contributed by atoms with Crippen LogP contribution in [0.2, 0.25) is 5.02 Å². The van der Waals surface area contributed by atoms with E-state index >= 15 is 0 Å². The molecule has 1 aromatic rings. The van der Waals surface area contributed by atoms with E-state index in [0.29, 0.717) is 36.5 Å². The van der Waals surface area contributed by atoms with Crippen molar-refractivity contribution in [2.75, 3.05) is 19.7 Å². The number of aliphatic hydroxyl groups is 1.